The number of anilines is 1. The molecule has 0 saturated heterocycles. The molecule has 1 atom stereocenters. The van der Waals surface area contributed by atoms with Crippen LogP contribution in [0.4, 0.5) is 5.69 Å². The molecule has 5 N–H and O–H groups in total. The van der Waals surface area contributed by atoms with Crippen molar-refractivity contribution >= 4 is 11.6 Å². The van der Waals surface area contributed by atoms with Crippen LogP contribution in [-0.4, -0.2) is 42.5 Å². The second-order valence-electron chi connectivity index (χ2n) is 3.59. The molecule has 0 aliphatic heterocycles. The molecule has 0 fully saturated rings. The number of rotatable bonds is 5. The predicted octanol–water partition coefficient (Wildman–Crippen LogP) is -0.289. The van der Waals surface area contributed by atoms with Crippen molar-refractivity contribution in [2.24, 2.45) is 0 Å². The monoisotopic (exact) mass is 240 g/mol. The number of aliphatic hydroxyl groups excluding tert-OH is 1. The minimum Gasteiger partial charge on any atom is -0.506 e. The average Bonchev–Trinajstić information content (AvgIpc) is 2.30. The smallest absolute Gasteiger partial charge is 0.251 e. The van der Waals surface area contributed by atoms with E-state index in [1.165, 1.54) is 25.3 Å². The summed E-state index contributed by atoms with van der Waals surface area (Å²) >= 11 is 0. The lowest BCUT2D eigenvalue weighted by molar-refractivity contribution is 0.0610. The number of methoxy groups -OCH3 is 1. The lowest BCUT2D eigenvalue weighted by atomic mass is 10.2. The molecule has 0 bridgehead atoms. The Labute approximate surface area is 99.0 Å². The highest BCUT2D eigenvalue weighted by Gasteiger charge is 2.10. The number of carbonyl (C=O) groups excluding carboxylic acids is 1. The van der Waals surface area contributed by atoms with Crippen LogP contribution in [0, 0.1) is 0 Å². The molecule has 0 aliphatic carbocycles. The van der Waals surface area contributed by atoms with E-state index in [1.807, 2.05) is 0 Å². The van der Waals surface area contributed by atoms with Crippen LogP contribution in [0.15, 0.2) is 18.2 Å². The minimum atomic E-state index is -0.758. The van der Waals surface area contributed by atoms with Gasteiger partial charge in [0.2, 0.25) is 0 Å². The summed E-state index contributed by atoms with van der Waals surface area (Å²) in [5, 5.41) is 21.2. The van der Waals surface area contributed by atoms with Crippen molar-refractivity contribution in [3.05, 3.63) is 23.8 Å². The van der Waals surface area contributed by atoms with Crippen molar-refractivity contribution in [3.63, 3.8) is 0 Å². The normalized spacial score (nSPS) is 12.1. The van der Waals surface area contributed by atoms with Crippen LogP contribution < -0.4 is 11.1 Å². The Hall–Kier alpha value is -1.79. The van der Waals surface area contributed by atoms with Crippen LogP contribution in [-0.2, 0) is 4.74 Å². The second-order valence-corrected chi connectivity index (χ2v) is 3.59. The van der Waals surface area contributed by atoms with Gasteiger partial charge >= 0.3 is 0 Å². The number of phenols is 1. The number of nitrogen functional groups attached to an aromatic ring is 1. The molecule has 0 radical (unpaired) electrons. The van der Waals surface area contributed by atoms with Gasteiger partial charge in [0.15, 0.2) is 0 Å². The Morgan fingerprint density at radius 1 is 1.59 bits per heavy atom. The largest absolute Gasteiger partial charge is 0.506 e. The minimum absolute atomic E-state index is 0.0812. The molecular formula is C11H16N2O4. The van der Waals surface area contributed by atoms with E-state index in [-0.39, 0.29) is 30.2 Å². The summed E-state index contributed by atoms with van der Waals surface area (Å²) in [4.78, 5) is 11.6. The van der Waals surface area contributed by atoms with Gasteiger partial charge in [-0.1, -0.05) is 0 Å². The van der Waals surface area contributed by atoms with E-state index in [4.69, 9.17) is 10.5 Å². The Bertz CT molecular complexity index is 395. The number of nitrogens with one attached hydrogen (secondary N) is 1. The quantitative estimate of drug-likeness (QED) is 0.418. The number of hydrogen-bond donors (Lipinski definition) is 4. The molecule has 1 aromatic rings. The van der Waals surface area contributed by atoms with Gasteiger partial charge in [-0.25, -0.2) is 0 Å². The van der Waals surface area contributed by atoms with Gasteiger partial charge < -0.3 is 26.0 Å². The first kappa shape index (κ1) is 13.3. The number of hydrogen-bond acceptors (Lipinski definition) is 5. The van der Waals surface area contributed by atoms with Gasteiger partial charge in [0.1, 0.15) is 5.75 Å². The Morgan fingerprint density at radius 3 is 2.88 bits per heavy atom. The summed E-state index contributed by atoms with van der Waals surface area (Å²) in [5.41, 5.74) is 5.90. The van der Waals surface area contributed by atoms with E-state index in [0.717, 1.165) is 0 Å². The molecule has 1 unspecified atom stereocenters. The molecule has 0 heterocycles. The van der Waals surface area contributed by atoms with E-state index < -0.39 is 12.0 Å². The fourth-order valence-electron chi connectivity index (χ4n) is 1.25. The van der Waals surface area contributed by atoms with Gasteiger partial charge in [-0.05, 0) is 18.2 Å². The highest BCUT2D eigenvalue weighted by molar-refractivity contribution is 5.95. The molecule has 0 spiro atoms. The van der Waals surface area contributed by atoms with Crippen molar-refractivity contribution in [1.29, 1.82) is 0 Å². The van der Waals surface area contributed by atoms with E-state index in [9.17, 15) is 15.0 Å². The molecule has 0 saturated carbocycles. The van der Waals surface area contributed by atoms with Crippen LogP contribution in [0.1, 0.15) is 10.4 Å². The van der Waals surface area contributed by atoms with Crippen molar-refractivity contribution in [1.82, 2.24) is 5.32 Å². The van der Waals surface area contributed by atoms with Crippen molar-refractivity contribution in [2.75, 3.05) is 26.0 Å². The van der Waals surface area contributed by atoms with Gasteiger partial charge in [-0.2, -0.15) is 0 Å². The van der Waals surface area contributed by atoms with E-state index in [2.05, 4.69) is 5.32 Å². The molecule has 1 rings (SSSR count). The first-order chi connectivity index (χ1) is 8.04. The van der Waals surface area contributed by atoms with Crippen LogP contribution in [0.2, 0.25) is 0 Å². The molecule has 1 amide bonds. The highest BCUT2D eigenvalue weighted by atomic mass is 16.5. The van der Waals surface area contributed by atoms with Crippen LogP contribution >= 0.6 is 0 Å². The molecule has 1 aromatic carbocycles. The summed E-state index contributed by atoms with van der Waals surface area (Å²) in [5.74, 6) is -0.537. The maximum Gasteiger partial charge on any atom is 0.251 e. The van der Waals surface area contributed by atoms with Crippen LogP contribution in [0.3, 0.4) is 0 Å². The summed E-state index contributed by atoms with van der Waals surface area (Å²) < 4.78 is 4.72. The van der Waals surface area contributed by atoms with E-state index in [1.54, 1.807) is 0 Å². The zero-order valence-corrected chi connectivity index (χ0v) is 9.51. The molecule has 94 valence electrons. The zero-order valence-electron chi connectivity index (χ0n) is 9.51. The maximum atomic E-state index is 11.6. The third-order valence-electron chi connectivity index (χ3n) is 2.15. The zero-order chi connectivity index (χ0) is 12.8. The number of aliphatic hydroxyl groups is 1. The fraction of sp³-hybridized carbons (Fsp3) is 0.364. The molecule has 6 heteroatoms. The first-order valence-electron chi connectivity index (χ1n) is 5.08. The Morgan fingerprint density at radius 2 is 2.29 bits per heavy atom. The summed E-state index contributed by atoms with van der Waals surface area (Å²) in [6.45, 7) is 0.227. The number of ether oxygens (including phenoxy) is 1. The van der Waals surface area contributed by atoms with Crippen molar-refractivity contribution < 1.29 is 19.7 Å². The second kappa shape index (κ2) is 6.07. The number of phenolic OH excluding ortho intramolecular Hbond substituents is 1. The van der Waals surface area contributed by atoms with E-state index in [0.29, 0.717) is 0 Å². The molecule has 17 heavy (non-hydrogen) atoms. The Balaban J connectivity index is 2.55. The summed E-state index contributed by atoms with van der Waals surface area (Å²) in [6.07, 6.45) is -0.758. The number of aromatic hydroxyl groups is 1. The lowest BCUT2D eigenvalue weighted by Gasteiger charge is -2.11. The average molecular weight is 240 g/mol. The van der Waals surface area contributed by atoms with Gasteiger partial charge in [0.25, 0.3) is 5.91 Å². The number of carbonyl (C=O) groups is 1. The summed E-state index contributed by atoms with van der Waals surface area (Å²) in [7, 11) is 1.46. The topological polar surface area (TPSA) is 105 Å². The van der Waals surface area contributed by atoms with Crippen molar-refractivity contribution in [3.8, 4) is 5.75 Å². The van der Waals surface area contributed by atoms with Gasteiger partial charge in [0.05, 0.1) is 18.4 Å². The Kier molecular flexibility index (Phi) is 4.74. The molecule has 0 aliphatic rings. The first-order valence-corrected chi connectivity index (χ1v) is 5.08. The highest BCUT2D eigenvalue weighted by Crippen LogP contribution is 2.20. The molecule has 6 nitrogen and oxygen atoms in total. The van der Waals surface area contributed by atoms with Crippen molar-refractivity contribution in [2.45, 2.75) is 6.10 Å². The molecular weight excluding hydrogens is 224 g/mol. The third kappa shape index (κ3) is 3.93. The van der Waals surface area contributed by atoms with Gasteiger partial charge in [-0.15, -0.1) is 0 Å². The van der Waals surface area contributed by atoms with Crippen LogP contribution in [0.5, 0.6) is 5.75 Å². The standard InChI is InChI=1S/C11H16N2O4/c1-17-6-8(14)5-13-11(16)7-2-3-9(12)10(15)4-7/h2-4,8,14-15H,5-6,12H2,1H3,(H,13,16). The number of nitrogens with two attached hydrogens (primary N) is 1. The van der Waals surface area contributed by atoms with Gasteiger partial charge in [-0.3, -0.25) is 4.79 Å². The lowest BCUT2D eigenvalue weighted by Crippen LogP contribution is -2.34. The predicted molar refractivity (Wildman–Crippen MR) is 62.7 cm³/mol. The maximum absolute atomic E-state index is 11.6. The third-order valence-corrected chi connectivity index (χ3v) is 2.15. The van der Waals surface area contributed by atoms with E-state index >= 15 is 0 Å². The SMILES string of the molecule is COCC(O)CNC(=O)c1ccc(N)c(O)c1. The number of amides is 1. The summed E-state index contributed by atoms with van der Waals surface area (Å²) in [6, 6.07) is 4.20. The van der Waals surface area contributed by atoms with Crippen LogP contribution in [0.25, 0.3) is 0 Å². The van der Waals surface area contributed by atoms with Gasteiger partial charge in [0, 0.05) is 19.2 Å². The molecule has 0 aromatic heterocycles. The fourth-order valence-corrected chi connectivity index (χ4v) is 1.25. The number of benzene rings is 1.